The highest BCUT2D eigenvalue weighted by Crippen LogP contribution is 1.67. The summed E-state index contributed by atoms with van der Waals surface area (Å²) in [7, 11) is 1.50. The van der Waals surface area contributed by atoms with Gasteiger partial charge in [-0.2, -0.15) is 0 Å². The third kappa shape index (κ3) is 7.01. The van der Waals surface area contributed by atoms with Gasteiger partial charge in [-0.25, -0.2) is 0 Å². The van der Waals surface area contributed by atoms with Crippen LogP contribution in [-0.2, 0) is 9.68 Å². The highest BCUT2D eigenvalue weighted by atomic mass is 16.6. The molecule has 0 rings (SSSR count). The van der Waals surface area contributed by atoms with Gasteiger partial charge in [-0.1, -0.05) is 0 Å². The second kappa shape index (κ2) is 7.01. The molecule has 0 aromatic rings. The molecule has 0 radical (unpaired) electrons. The van der Waals surface area contributed by atoms with Crippen molar-refractivity contribution in [3.05, 3.63) is 6.20 Å². The molecular weight excluding hydrogens is 120 g/mol. The summed E-state index contributed by atoms with van der Waals surface area (Å²) in [4.78, 5) is 9.01. The normalized spacial score (nSPS) is 7.33. The van der Waals surface area contributed by atoms with Crippen LogP contribution in [0.15, 0.2) is 11.4 Å². The van der Waals surface area contributed by atoms with E-state index in [1.54, 1.807) is 0 Å². The van der Waals surface area contributed by atoms with Crippen LogP contribution >= 0.6 is 0 Å². The maximum atomic E-state index is 4.57. The lowest BCUT2D eigenvalue weighted by molar-refractivity contribution is 0.128. The number of nitrogens with zero attached hydrogens (tertiary/aromatic N) is 1. The topological polar surface area (TPSA) is 42.8 Å². The van der Waals surface area contributed by atoms with Crippen molar-refractivity contribution in [1.82, 2.24) is 5.48 Å². The first-order chi connectivity index (χ1) is 4.41. The van der Waals surface area contributed by atoms with Crippen molar-refractivity contribution < 1.29 is 9.68 Å². The molecule has 9 heavy (non-hydrogen) atoms. The molecule has 0 aliphatic carbocycles. The third-order valence-corrected chi connectivity index (χ3v) is 0.488. The van der Waals surface area contributed by atoms with Crippen molar-refractivity contribution in [3.63, 3.8) is 0 Å². The van der Waals surface area contributed by atoms with Crippen molar-refractivity contribution in [3.8, 4) is 0 Å². The van der Waals surface area contributed by atoms with Crippen molar-refractivity contribution >= 4 is 5.87 Å². The number of hydrogen-bond donors (Lipinski definition) is 1. The molecule has 0 unspecified atom stereocenters. The van der Waals surface area contributed by atoms with Gasteiger partial charge in [0.25, 0.3) is 0 Å². The minimum absolute atomic E-state index is 0.549. The summed E-state index contributed by atoms with van der Waals surface area (Å²) >= 11 is 0. The molecule has 0 fully saturated rings. The molecule has 0 heterocycles. The van der Waals surface area contributed by atoms with Crippen LogP contribution in [0.1, 0.15) is 6.92 Å². The van der Waals surface area contributed by atoms with Crippen molar-refractivity contribution in [1.29, 1.82) is 0 Å². The van der Waals surface area contributed by atoms with Crippen LogP contribution in [0, 0.1) is 0 Å². The SMILES string of the molecule is CCON=C=CNOC. The predicted molar refractivity (Wildman–Crippen MR) is 33.8 cm³/mol. The van der Waals surface area contributed by atoms with E-state index in [4.69, 9.17) is 0 Å². The average molecular weight is 130 g/mol. The monoisotopic (exact) mass is 130 g/mol. The van der Waals surface area contributed by atoms with Crippen LogP contribution < -0.4 is 5.48 Å². The molecule has 0 atom stereocenters. The van der Waals surface area contributed by atoms with E-state index in [1.165, 1.54) is 13.3 Å². The Morgan fingerprint density at radius 1 is 1.78 bits per heavy atom. The van der Waals surface area contributed by atoms with Crippen molar-refractivity contribution in [2.75, 3.05) is 13.7 Å². The molecule has 0 spiro atoms. The van der Waals surface area contributed by atoms with Gasteiger partial charge in [-0.3, -0.25) is 10.3 Å². The first kappa shape index (κ1) is 8.01. The minimum atomic E-state index is 0.549. The zero-order valence-electron chi connectivity index (χ0n) is 5.55. The molecule has 0 aliphatic heterocycles. The van der Waals surface area contributed by atoms with E-state index in [0.717, 1.165) is 0 Å². The van der Waals surface area contributed by atoms with E-state index in [1.807, 2.05) is 6.92 Å². The van der Waals surface area contributed by atoms with Crippen LogP contribution in [0.25, 0.3) is 0 Å². The summed E-state index contributed by atoms with van der Waals surface area (Å²) in [5, 5.41) is 3.38. The van der Waals surface area contributed by atoms with Crippen LogP contribution in [-0.4, -0.2) is 19.6 Å². The Labute approximate surface area is 54.1 Å². The lowest BCUT2D eigenvalue weighted by Crippen LogP contribution is -2.00. The molecule has 0 aromatic heterocycles. The Bertz CT molecular complexity index is 97.5. The van der Waals surface area contributed by atoms with Gasteiger partial charge in [-0.05, 0) is 12.1 Å². The smallest absolute Gasteiger partial charge is 0.115 e. The number of hydroxylamine groups is 1. The lowest BCUT2D eigenvalue weighted by Gasteiger charge is -1.87. The maximum absolute atomic E-state index is 4.57. The van der Waals surface area contributed by atoms with Crippen molar-refractivity contribution in [2.45, 2.75) is 6.92 Å². The predicted octanol–water partition coefficient (Wildman–Crippen LogP) is 0.272. The molecule has 0 saturated heterocycles. The van der Waals surface area contributed by atoms with Gasteiger partial charge in [0.05, 0.1) is 13.3 Å². The lowest BCUT2D eigenvalue weighted by atomic mass is 10.9. The van der Waals surface area contributed by atoms with Gasteiger partial charge in [0.15, 0.2) is 0 Å². The molecule has 4 nitrogen and oxygen atoms in total. The molecule has 0 bridgehead atoms. The van der Waals surface area contributed by atoms with Gasteiger partial charge < -0.3 is 4.84 Å². The van der Waals surface area contributed by atoms with Gasteiger partial charge in [0.2, 0.25) is 0 Å². The van der Waals surface area contributed by atoms with E-state index >= 15 is 0 Å². The quantitative estimate of drug-likeness (QED) is 0.439. The zero-order chi connectivity index (χ0) is 6.95. The van der Waals surface area contributed by atoms with E-state index in [-0.39, 0.29) is 0 Å². The molecule has 0 aliphatic rings. The molecular formula is C5H10N2O2. The highest BCUT2D eigenvalue weighted by molar-refractivity contribution is 5.49. The number of nitrogens with one attached hydrogen (secondary N) is 1. The van der Waals surface area contributed by atoms with Crippen LogP contribution in [0.2, 0.25) is 0 Å². The van der Waals surface area contributed by atoms with Crippen LogP contribution in [0.5, 0.6) is 0 Å². The molecule has 0 saturated carbocycles. The Morgan fingerprint density at radius 2 is 2.56 bits per heavy atom. The third-order valence-electron chi connectivity index (χ3n) is 0.488. The fraction of sp³-hybridized carbons (Fsp3) is 0.600. The number of hydrogen-bond acceptors (Lipinski definition) is 4. The fourth-order valence-electron chi connectivity index (χ4n) is 0.213. The largest absolute Gasteiger partial charge is 0.389 e. The standard InChI is InChI=1S/C5H10N2O2/c1-3-9-7-5-4-6-8-2/h4,6H,3H2,1-2H3. The van der Waals surface area contributed by atoms with Gasteiger partial charge in [0.1, 0.15) is 6.61 Å². The second-order valence-corrected chi connectivity index (χ2v) is 1.10. The van der Waals surface area contributed by atoms with Crippen molar-refractivity contribution in [2.24, 2.45) is 5.16 Å². The zero-order valence-corrected chi connectivity index (χ0v) is 5.55. The molecule has 0 amide bonds. The maximum Gasteiger partial charge on any atom is 0.115 e. The van der Waals surface area contributed by atoms with E-state index < -0.39 is 0 Å². The molecule has 1 N–H and O–H groups in total. The molecule has 4 heteroatoms. The highest BCUT2D eigenvalue weighted by Gasteiger charge is 1.64. The first-order valence-corrected chi connectivity index (χ1v) is 2.59. The summed E-state index contributed by atoms with van der Waals surface area (Å²) in [5.74, 6) is 2.43. The Hall–Kier alpha value is -0.990. The average Bonchev–Trinajstić information content (AvgIpc) is 1.89. The van der Waals surface area contributed by atoms with E-state index in [0.29, 0.717) is 6.61 Å². The fourth-order valence-corrected chi connectivity index (χ4v) is 0.213. The van der Waals surface area contributed by atoms with Crippen LogP contribution in [0.3, 0.4) is 0 Å². The summed E-state index contributed by atoms with van der Waals surface area (Å²) < 4.78 is 0. The summed E-state index contributed by atoms with van der Waals surface area (Å²) in [6, 6.07) is 0. The second-order valence-electron chi connectivity index (χ2n) is 1.10. The Balaban J connectivity index is 3.18. The summed E-state index contributed by atoms with van der Waals surface area (Å²) in [6.07, 6.45) is 1.40. The van der Waals surface area contributed by atoms with Crippen LogP contribution in [0.4, 0.5) is 0 Å². The molecule has 0 aromatic carbocycles. The summed E-state index contributed by atoms with van der Waals surface area (Å²) in [5.41, 5.74) is 2.40. The van der Waals surface area contributed by atoms with E-state index in [9.17, 15) is 0 Å². The van der Waals surface area contributed by atoms with Gasteiger partial charge >= 0.3 is 0 Å². The molecule has 52 valence electrons. The Kier molecular flexibility index (Phi) is 6.24. The number of rotatable bonds is 4. The Morgan fingerprint density at radius 3 is 3.11 bits per heavy atom. The van der Waals surface area contributed by atoms with E-state index in [2.05, 4.69) is 26.2 Å². The van der Waals surface area contributed by atoms with Gasteiger partial charge in [0, 0.05) is 5.87 Å². The first-order valence-electron chi connectivity index (χ1n) is 2.59. The minimum Gasteiger partial charge on any atom is -0.389 e. The summed E-state index contributed by atoms with van der Waals surface area (Å²) in [6.45, 7) is 2.39. The van der Waals surface area contributed by atoms with Gasteiger partial charge in [-0.15, -0.1) is 0 Å².